The number of nitrogens with two attached hydrogens (primary N) is 1. The van der Waals surface area contributed by atoms with Crippen LogP contribution in [0.1, 0.15) is 19.5 Å². The average Bonchev–Trinajstić information content (AvgIpc) is 1.99. The molecule has 2 N–H and O–H groups in total. The van der Waals surface area contributed by atoms with Gasteiger partial charge in [-0.2, -0.15) is 0 Å². The number of nitrogens with zero attached hydrogens (tertiary/aromatic N) is 2. The minimum absolute atomic E-state index is 0.195. The number of rotatable bonds is 3. The maximum Gasteiger partial charge on any atom is 0.248 e. The molecule has 0 bridgehead atoms. The Morgan fingerprint density at radius 2 is 2.00 bits per heavy atom. The molecular weight excluding hydrogens is 214 g/mol. The zero-order valence-corrected chi connectivity index (χ0v) is 9.87. The first-order valence-electron chi connectivity index (χ1n) is 4.62. The molecule has 0 atom stereocenters. The molecule has 1 aromatic rings. The lowest BCUT2D eigenvalue weighted by Crippen LogP contribution is -2.09. The first-order chi connectivity index (χ1) is 6.79. The topological polar surface area (TPSA) is 85.9 Å². The van der Waals surface area contributed by atoms with Gasteiger partial charge in [-0.1, -0.05) is 13.8 Å². The van der Waals surface area contributed by atoms with Crippen LogP contribution in [0.2, 0.25) is 0 Å². The number of nitrogen functional groups attached to an aromatic ring is 1. The van der Waals surface area contributed by atoms with Crippen LogP contribution in [0, 0.1) is 5.92 Å². The van der Waals surface area contributed by atoms with E-state index in [0.29, 0.717) is 18.0 Å². The fraction of sp³-hybridized carbons (Fsp3) is 0.556. The van der Waals surface area contributed by atoms with Gasteiger partial charge in [-0.15, -0.1) is 0 Å². The number of sulfone groups is 1. The van der Waals surface area contributed by atoms with Gasteiger partial charge in [-0.3, -0.25) is 0 Å². The third-order valence-corrected chi connectivity index (χ3v) is 2.57. The highest BCUT2D eigenvalue weighted by atomic mass is 32.2. The van der Waals surface area contributed by atoms with Crippen molar-refractivity contribution in [1.82, 2.24) is 9.97 Å². The van der Waals surface area contributed by atoms with Crippen LogP contribution in [-0.4, -0.2) is 24.6 Å². The predicted octanol–water partition coefficient (Wildman–Crippen LogP) is 0.661. The van der Waals surface area contributed by atoms with Gasteiger partial charge in [0, 0.05) is 18.0 Å². The van der Waals surface area contributed by atoms with Crippen LogP contribution in [0.4, 0.5) is 5.82 Å². The Kier molecular flexibility index (Phi) is 3.28. The normalized spacial score (nSPS) is 12.0. The maximum atomic E-state index is 11.2. The minimum Gasteiger partial charge on any atom is -0.384 e. The molecule has 0 unspecified atom stereocenters. The van der Waals surface area contributed by atoms with E-state index in [-0.39, 0.29) is 11.0 Å². The zero-order chi connectivity index (χ0) is 11.6. The number of aromatic nitrogens is 2. The summed E-state index contributed by atoms with van der Waals surface area (Å²) in [5, 5.41) is -0.196. The van der Waals surface area contributed by atoms with Crippen molar-refractivity contribution in [2.45, 2.75) is 25.4 Å². The quantitative estimate of drug-likeness (QED) is 0.769. The van der Waals surface area contributed by atoms with Gasteiger partial charge in [0.25, 0.3) is 0 Å². The summed E-state index contributed by atoms with van der Waals surface area (Å²) in [5.41, 5.74) is 6.18. The van der Waals surface area contributed by atoms with E-state index >= 15 is 0 Å². The van der Waals surface area contributed by atoms with Crippen molar-refractivity contribution in [3.8, 4) is 0 Å². The smallest absolute Gasteiger partial charge is 0.248 e. The van der Waals surface area contributed by atoms with Crippen LogP contribution >= 0.6 is 0 Å². The molecule has 0 spiro atoms. The van der Waals surface area contributed by atoms with Gasteiger partial charge in [0.1, 0.15) is 5.82 Å². The van der Waals surface area contributed by atoms with Crippen molar-refractivity contribution in [2.75, 3.05) is 12.0 Å². The molecule has 15 heavy (non-hydrogen) atoms. The molecule has 0 radical (unpaired) electrons. The summed E-state index contributed by atoms with van der Waals surface area (Å²) < 4.78 is 22.5. The zero-order valence-electron chi connectivity index (χ0n) is 9.06. The van der Waals surface area contributed by atoms with Gasteiger partial charge in [-0.05, 0) is 12.3 Å². The molecule has 1 heterocycles. The van der Waals surface area contributed by atoms with Crippen LogP contribution < -0.4 is 5.73 Å². The molecule has 0 aliphatic heterocycles. The molecule has 0 fully saturated rings. The summed E-state index contributed by atoms with van der Waals surface area (Å²) in [6.07, 6.45) is 1.76. The Balaban J connectivity index is 3.17. The Hall–Kier alpha value is -1.17. The molecule has 5 nitrogen and oxygen atoms in total. The van der Waals surface area contributed by atoms with E-state index in [4.69, 9.17) is 5.73 Å². The molecule has 84 valence electrons. The van der Waals surface area contributed by atoms with Crippen LogP contribution in [0.3, 0.4) is 0 Å². The first kappa shape index (κ1) is 11.9. The van der Waals surface area contributed by atoms with Crippen LogP contribution in [0.25, 0.3) is 0 Å². The second-order valence-corrected chi connectivity index (χ2v) is 5.85. The van der Waals surface area contributed by atoms with Crippen molar-refractivity contribution >= 4 is 15.7 Å². The van der Waals surface area contributed by atoms with Gasteiger partial charge in [0.15, 0.2) is 0 Å². The van der Waals surface area contributed by atoms with Crippen LogP contribution in [0.15, 0.2) is 11.2 Å². The Bertz CT molecular complexity index is 454. The standard InChI is InChI=1S/C9H15N3O2S/c1-6(2)4-7-5-8(10)12-9(11-7)15(3,13)14/h5-6H,4H2,1-3H3,(H2,10,11,12). The molecule has 0 saturated carbocycles. The maximum absolute atomic E-state index is 11.2. The van der Waals surface area contributed by atoms with E-state index in [1.54, 1.807) is 6.07 Å². The lowest BCUT2D eigenvalue weighted by atomic mass is 10.1. The summed E-state index contributed by atoms with van der Waals surface area (Å²) in [5.74, 6) is 0.591. The molecular formula is C9H15N3O2S. The monoisotopic (exact) mass is 229 g/mol. The van der Waals surface area contributed by atoms with E-state index in [1.807, 2.05) is 13.8 Å². The fourth-order valence-electron chi connectivity index (χ4n) is 1.18. The molecule has 6 heteroatoms. The predicted molar refractivity (Wildman–Crippen MR) is 58.1 cm³/mol. The van der Waals surface area contributed by atoms with Gasteiger partial charge >= 0.3 is 0 Å². The van der Waals surface area contributed by atoms with Gasteiger partial charge in [0.2, 0.25) is 15.0 Å². The third-order valence-electron chi connectivity index (χ3n) is 1.73. The van der Waals surface area contributed by atoms with Crippen molar-refractivity contribution in [1.29, 1.82) is 0 Å². The van der Waals surface area contributed by atoms with Crippen molar-refractivity contribution in [3.63, 3.8) is 0 Å². The lowest BCUT2D eigenvalue weighted by Gasteiger charge is -2.06. The van der Waals surface area contributed by atoms with Crippen molar-refractivity contribution in [3.05, 3.63) is 11.8 Å². The largest absolute Gasteiger partial charge is 0.384 e. The second kappa shape index (κ2) is 4.14. The van der Waals surface area contributed by atoms with Crippen molar-refractivity contribution in [2.24, 2.45) is 5.92 Å². The fourth-order valence-corrected chi connectivity index (χ4v) is 1.74. The van der Waals surface area contributed by atoms with Gasteiger partial charge < -0.3 is 5.73 Å². The lowest BCUT2D eigenvalue weighted by molar-refractivity contribution is 0.587. The van der Waals surface area contributed by atoms with Crippen molar-refractivity contribution < 1.29 is 8.42 Å². The summed E-state index contributed by atoms with van der Waals surface area (Å²) >= 11 is 0. The summed E-state index contributed by atoms with van der Waals surface area (Å²) in [7, 11) is -3.39. The SMILES string of the molecule is CC(C)Cc1cc(N)nc(S(C)(=O)=O)n1. The summed E-state index contributed by atoms with van der Waals surface area (Å²) in [6.45, 7) is 4.05. The molecule has 0 aromatic carbocycles. The third kappa shape index (κ3) is 3.47. The first-order valence-corrected chi connectivity index (χ1v) is 6.51. The Morgan fingerprint density at radius 3 is 2.47 bits per heavy atom. The molecule has 0 saturated heterocycles. The highest BCUT2D eigenvalue weighted by molar-refractivity contribution is 7.90. The molecule has 1 aromatic heterocycles. The van der Waals surface area contributed by atoms with E-state index < -0.39 is 9.84 Å². The molecule has 0 amide bonds. The summed E-state index contributed by atoms with van der Waals surface area (Å²) in [6, 6.07) is 1.61. The molecule has 0 aliphatic carbocycles. The number of hydrogen-bond donors (Lipinski definition) is 1. The van der Waals surface area contributed by atoms with E-state index in [2.05, 4.69) is 9.97 Å². The van der Waals surface area contributed by atoms with Crippen LogP contribution in [-0.2, 0) is 16.3 Å². The van der Waals surface area contributed by atoms with E-state index in [9.17, 15) is 8.42 Å². The highest BCUT2D eigenvalue weighted by Crippen LogP contribution is 2.11. The summed E-state index contributed by atoms with van der Waals surface area (Å²) in [4.78, 5) is 7.66. The average molecular weight is 229 g/mol. The van der Waals surface area contributed by atoms with Gasteiger partial charge in [-0.25, -0.2) is 18.4 Å². The Morgan fingerprint density at radius 1 is 1.40 bits per heavy atom. The highest BCUT2D eigenvalue weighted by Gasteiger charge is 2.13. The minimum atomic E-state index is -3.39. The number of anilines is 1. The Labute approximate surface area is 89.7 Å². The number of hydrogen-bond acceptors (Lipinski definition) is 5. The van der Waals surface area contributed by atoms with E-state index in [0.717, 1.165) is 6.26 Å². The van der Waals surface area contributed by atoms with Gasteiger partial charge in [0.05, 0.1) is 0 Å². The second-order valence-electron chi connectivity index (χ2n) is 3.94. The van der Waals surface area contributed by atoms with Crippen LogP contribution in [0.5, 0.6) is 0 Å². The molecule has 0 aliphatic rings. The molecule has 1 rings (SSSR count). The van der Waals surface area contributed by atoms with E-state index in [1.165, 1.54) is 0 Å².